The fourth-order valence-corrected chi connectivity index (χ4v) is 3.94. The molecule has 0 heterocycles. The Hall–Kier alpha value is -3.15. The molecule has 2 aromatic carbocycles. The number of likely N-dealkylation sites (N-methyl/N-ethyl adjacent to an activating group) is 1. The van der Waals surface area contributed by atoms with Gasteiger partial charge in [-0.25, -0.2) is 4.79 Å². The van der Waals surface area contributed by atoms with E-state index in [1.165, 1.54) is 4.90 Å². The average Bonchev–Trinajstić information content (AvgIpc) is 2.82. The molecule has 0 aromatic heterocycles. The lowest BCUT2D eigenvalue weighted by molar-refractivity contribution is -0.136. The molecule has 1 aliphatic carbocycles. The maximum Gasteiger partial charge on any atom is 0.339 e. The number of nitrogens with zero attached hydrogens (tertiary/aromatic N) is 2. The fourth-order valence-electron chi connectivity index (χ4n) is 3.94. The van der Waals surface area contributed by atoms with Crippen LogP contribution in [0.3, 0.4) is 0 Å². The van der Waals surface area contributed by atoms with Gasteiger partial charge in [-0.05, 0) is 55.9 Å². The number of benzene rings is 2. The zero-order valence-electron chi connectivity index (χ0n) is 18.4. The minimum Gasteiger partial charge on any atom is -0.452 e. The molecule has 0 saturated heterocycles. The molecule has 0 radical (unpaired) electrons. The van der Waals surface area contributed by atoms with Crippen molar-refractivity contribution in [1.29, 1.82) is 0 Å². The van der Waals surface area contributed by atoms with Crippen molar-refractivity contribution in [2.75, 3.05) is 25.6 Å². The lowest BCUT2D eigenvalue weighted by atomic mass is 9.87. The number of para-hydroxylation sites is 1. The Bertz CT molecular complexity index is 920. The van der Waals surface area contributed by atoms with E-state index in [1.807, 2.05) is 30.3 Å². The molecular weight excluding hydrogens is 392 g/mol. The SMILES string of the molecule is CC1CCC(N(C)C(=O)COC(=O)c2ccccc2C(=O)N(C)c2ccccc2)CC1. The Balaban J connectivity index is 1.64. The van der Waals surface area contributed by atoms with E-state index in [9.17, 15) is 14.4 Å². The minimum absolute atomic E-state index is 0.150. The number of carbonyl (C=O) groups is 3. The van der Waals surface area contributed by atoms with Crippen LogP contribution in [0.4, 0.5) is 5.69 Å². The van der Waals surface area contributed by atoms with Crippen molar-refractivity contribution >= 4 is 23.5 Å². The van der Waals surface area contributed by atoms with Crippen molar-refractivity contribution in [3.05, 3.63) is 65.7 Å². The van der Waals surface area contributed by atoms with E-state index in [0.717, 1.165) is 25.7 Å². The van der Waals surface area contributed by atoms with Gasteiger partial charge in [-0.2, -0.15) is 0 Å². The maximum atomic E-state index is 13.0. The zero-order chi connectivity index (χ0) is 22.4. The Labute approximate surface area is 183 Å². The number of esters is 1. The van der Waals surface area contributed by atoms with Gasteiger partial charge in [0.1, 0.15) is 0 Å². The van der Waals surface area contributed by atoms with Gasteiger partial charge in [-0.3, -0.25) is 9.59 Å². The van der Waals surface area contributed by atoms with Crippen LogP contribution < -0.4 is 4.90 Å². The molecule has 0 bridgehead atoms. The van der Waals surface area contributed by atoms with Crippen LogP contribution in [-0.4, -0.2) is 49.4 Å². The van der Waals surface area contributed by atoms with E-state index in [4.69, 9.17) is 4.74 Å². The largest absolute Gasteiger partial charge is 0.452 e. The normalized spacial score (nSPS) is 18.2. The number of carbonyl (C=O) groups excluding carboxylic acids is 3. The van der Waals surface area contributed by atoms with E-state index in [2.05, 4.69) is 6.92 Å². The Morgan fingerprint density at radius 1 is 0.871 bits per heavy atom. The molecule has 1 saturated carbocycles. The number of hydrogen-bond donors (Lipinski definition) is 0. The van der Waals surface area contributed by atoms with Crippen LogP contribution >= 0.6 is 0 Å². The quantitative estimate of drug-likeness (QED) is 0.656. The molecule has 1 fully saturated rings. The second kappa shape index (κ2) is 10.2. The van der Waals surface area contributed by atoms with Gasteiger partial charge < -0.3 is 14.5 Å². The molecular formula is C25H30N2O4. The third-order valence-corrected chi connectivity index (χ3v) is 6.08. The first-order chi connectivity index (χ1) is 14.9. The highest BCUT2D eigenvalue weighted by Gasteiger charge is 2.26. The summed E-state index contributed by atoms with van der Waals surface area (Å²) in [6.45, 7) is 1.90. The number of rotatable bonds is 6. The highest BCUT2D eigenvalue weighted by Crippen LogP contribution is 2.26. The van der Waals surface area contributed by atoms with Crippen LogP contribution in [0.1, 0.15) is 53.3 Å². The van der Waals surface area contributed by atoms with Crippen LogP contribution in [0, 0.1) is 5.92 Å². The lowest BCUT2D eigenvalue weighted by Gasteiger charge is -2.33. The summed E-state index contributed by atoms with van der Waals surface area (Å²) < 4.78 is 5.30. The third-order valence-electron chi connectivity index (χ3n) is 6.08. The molecule has 0 N–H and O–H groups in total. The first kappa shape index (κ1) is 22.5. The Kier molecular flexibility index (Phi) is 7.45. The Morgan fingerprint density at radius 3 is 2.10 bits per heavy atom. The Morgan fingerprint density at radius 2 is 1.45 bits per heavy atom. The van der Waals surface area contributed by atoms with Crippen molar-refractivity contribution in [2.45, 2.75) is 38.6 Å². The van der Waals surface area contributed by atoms with Crippen LogP contribution in [0.5, 0.6) is 0 Å². The minimum atomic E-state index is -0.676. The second-order valence-corrected chi connectivity index (χ2v) is 8.24. The van der Waals surface area contributed by atoms with Gasteiger partial charge in [0, 0.05) is 25.8 Å². The van der Waals surface area contributed by atoms with Crippen LogP contribution in [-0.2, 0) is 9.53 Å². The molecule has 6 nitrogen and oxygen atoms in total. The zero-order valence-corrected chi connectivity index (χ0v) is 18.4. The highest BCUT2D eigenvalue weighted by molar-refractivity contribution is 6.12. The van der Waals surface area contributed by atoms with Gasteiger partial charge >= 0.3 is 5.97 Å². The summed E-state index contributed by atoms with van der Waals surface area (Å²) in [6, 6.07) is 15.9. The maximum absolute atomic E-state index is 13.0. The van der Waals surface area contributed by atoms with E-state index < -0.39 is 5.97 Å². The van der Waals surface area contributed by atoms with Gasteiger partial charge in [0.25, 0.3) is 11.8 Å². The van der Waals surface area contributed by atoms with Crippen LogP contribution in [0.25, 0.3) is 0 Å². The molecule has 164 valence electrons. The third kappa shape index (κ3) is 5.51. The summed E-state index contributed by atoms with van der Waals surface area (Å²) in [7, 11) is 3.42. The number of hydrogen-bond acceptors (Lipinski definition) is 4. The van der Waals surface area contributed by atoms with Gasteiger partial charge in [-0.15, -0.1) is 0 Å². The van der Waals surface area contributed by atoms with Crippen molar-refractivity contribution in [2.24, 2.45) is 5.92 Å². The fraction of sp³-hybridized carbons (Fsp3) is 0.400. The lowest BCUT2D eigenvalue weighted by Crippen LogP contribution is -2.41. The summed E-state index contributed by atoms with van der Waals surface area (Å²) in [5, 5.41) is 0. The molecule has 31 heavy (non-hydrogen) atoms. The first-order valence-corrected chi connectivity index (χ1v) is 10.7. The molecule has 1 aliphatic rings. The number of ether oxygens (including phenoxy) is 1. The van der Waals surface area contributed by atoms with Crippen molar-refractivity contribution in [3.8, 4) is 0 Å². The van der Waals surface area contributed by atoms with Gasteiger partial charge in [0.2, 0.25) is 0 Å². The van der Waals surface area contributed by atoms with Crippen LogP contribution in [0.15, 0.2) is 54.6 Å². The summed E-state index contributed by atoms with van der Waals surface area (Å²) in [5.41, 5.74) is 1.10. The molecule has 0 spiro atoms. The topological polar surface area (TPSA) is 66.9 Å². The molecule has 0 aliphatic heterocycles. The molecule has 6 heteroatoms. The monoisotopic (exact) mass is 422 g/mol. The molecule has 0 unspecified atom stereocenters. The van der Waals surface area contributed by atoms with Crippen molar-refractivity contribution < 1.29 is 19.1 Å². The standard InChI is InChI=1S/C25H30N2O4/c1-18-13-15-20(16-14-18)26(2)23(28)17-31-25(30)22-12-8-7-11-21(22)24(29)27(3)19-9-5-4-6-10-19/h4-12,18,20H,13-17H2,1-3H3. The van der Waals surface area contributed by atoms with E-state index in [1.54, 1.807) is 43.3 Å². The first-order valence-electron chi connectivity index (χ1n) is 10.7. The predicted octanol–water partition coefficient (Wildman–Crippen LogP) is 4.16. The van der Waals surface area contributed by atoms with E-state index in [-0.39, 0.29) is 35.6 Å². The molecule has 3 rings (SSSR count). The van der Waals surface area contributed by atoms with E-state index >= 15 is 0 Å². The van der Waals surface area contributed by atoms with Crippen molar-refractivity contribution in [3.63, 3.8) is 0 Å². The van der Waals surface area contributed by atoms with Crippen LogP contribution in [0.2, 0.25) is 0 Å². The summed E-state index contributed by atoms with van der Waals surface area (Å²) in [5.74, 6) is -0.526. The van der Waals surface area contributed by atoms with Gasteiger partial charge in [-0.1, -0.05) is 37.3 Å². The molecule has 2 amide bonds. The number of anilines is 1. The summed E-state index contributed by atoms with van der Waals surface area (Å²) >= 11 is 0. The summed E-state index contributed by atoms with van der Waals surface area (Å²) in [4.78, 5) is 41.4. The molecule has 2 aromatic rings. The highest BCUT2D eigenvalue weighted by atomic mass is 16.5. The predicted molar refractivity (Wildman–Crippen MR) is 120 cm³/mol. The molecule has 0 atom stereocenters. The summed E-state index contributed by atoms with van der Waals surface area (Å²) in [6.07, 6.45) is 4.15. The van der Waals surface area contributed by atoms with Gasteiger partial charge in [0.05, 0.1) is 11.1 Å². The average molecular weight is 423 g/mol. The van der Waals surface area contributed by atoms with Gasteiger partial charge in [0.15, 0.2) is 6.61 Å². The smallest absolute Gasteiger partial charge is 0.339 e. The van der Waals surface area contributed by atoms with Crippen molar-refractivity contribution in [1.82, 2.24) is 4.90 Å². The number of amides is 2. The van der Waals surface area contributed by atoms with E-state index in [0.29, 0.717) is 11.6 Å². The second-order valence-electron chi connectivity index (χ2n) is 8.24.